The molecule has 1 aromatic carbocycles. The minimum atomic E-state index is 0.469. The second-order valence-corrected chi connectivity index (χ2v) is 3.95. The molecular formula is C12H12ClN3. The quantitative estimate of drug-likeness (QED) is 0.618. The Hall–Kier alpha value is -1.74. The number of benzene rings is 1. The number of hydrogen-bond donors (Lipinski definition) is 2. The van der Waals surface area contributed by atoms with Crippen molar-refractivity contribution in [3.8, 4) is 0 Å². The predicted molar refractivity (Wildman–Crippen MR) is 68.1 cm³/mol. The van der Waals surface area contributed by atoms with E-state index in [0.717, 1.165) is 11.3 Å². The molecule has 2 aromatic rings. The summed E-state index contributed by atoms with van der Waals surface area (Å²) < 4.78 is 0. The number of anilines is 3. The monoisotopic (exact) mass is 233 g/mol. The first-order chi connectivity index (χ1) is 7.65. The van der Waals surface area contributed by atoms with Gasteiger partial charge in [0.05, 0.1) is 11.4 Å². The van der Waals surface area contributed by atoms with Crippen molar-refractivity contribution in [2.75, 3.05) is 11.1 Å². The normalized spacial score (nSPS) is 10.1. The highest BCUT2D eigenvalue weighted by Crippen LogP contribution is 2.22. The van der Waals surface area contributed by atoms with Crippen molar-refractivity contribution in [1.82, 2.24) is 4.98 Å². The average molecular weight is 234 g/mol. The number of nitrogens with two attached hydrogens (primary N) is 1. The van der Waals surface area contributed by atoms with E-state index in [9.17, 15) is 0 Å². The van der Waals surface area contributed by atoms with E-state index in [2.05, 4.69) is 10.3 Å². The molecule has 0 saturated carbocycles. The van der Waals surface area contributed by atoms with Crippen LogP contribution in [0.4, 0.5) is 17.2 Å². The molecule has 0 radical (unpaired) electrons. The van der Waals surface area contributed by atoms with E-state index in [1.165, 1.54) is 0 Å². The maximum absolute atomic E-state index is 5.87. The van der Waals surface area contributed by atoms with Crippen LogP contribution in [-0.2, 0) is 0 Å². The summed E-state index contributed by atoms with van der Waals surface area (Å²) in [5, 5.41) is 3.60. The van der Waals surface area contributed by atoms with E-state index in [1.54, 1.807) is 6.07 Å². The minimum Gasteiger partial charge on any atom is -0.397 e. The van der Waals surface area contributed by atoms with E-state index < -0.39 is 0 Å². The highest BCUT2D eigenvalue weighted by Gasteiger charge is 2.01. The minimum absolute atomic E-state index is 0.469. The number of nitrogen functional groups attached to an aromatic ring is 1. The fourth-order valence-corrected chi connectivity index (χ4v) is 1.70. The highest BCUT2D eigenvalue weighted by atomic mass is 35.5. The Labute approximate surface area is 99.3 Å². The Kier molecular flexibility index (Phi) is 2.97. The highest BCUT2D eigenvalue weighted by molar-refractivity contribution is 6.29. The zero-order chi connectivity index (χ0) is 11.5. The summed E-state index contributed by atoms with van der Waals surface area (Å²) in [6.45, 7) is 1.97. The lowest BCUT2D eigenvalue weighted by Crippen LogP contribution is -1.98. The topological polar surface area (TPSA) is 50.9 Å². The third kappa shape index (κ3) is 2.44. The fraction of sp³-hybridized carbons (Fsp3) is 0.0833. The van der Waals surface area contributed by atoms with Gasteiger partial charge in [0, 0.05) is 0 Å². The van der Waals surface area contributed by atoms with Crippen LogP contribution in [0, 0.1) is 6.92 Å². The Morgan fingerprint density at radius 1 is 1.25 bits per heavy atom. The van der Waals surface area contributed by atoms with Gasteiger partial charge in [0.15, 0.2) is 0 Å². The van der Waals surface area contributed by atoms with Crippen molar-refractivity contribution >= 4 is 28.8 Å². The summed E-state index contributed by atoms with van der Waals surface area (Å²) in [6.07, 6.45) is 0. The van der Waals surface area contributed by atoms with Gasteiger partial charge in [-0.15, -0.1) is 0 Å². The SMILES string of the molecule is Cc1cc(Cl)nc(Nc2ccccc2N)c1. The lowest BCUT2D eigenvalue weighted by atomic mass is 10.2. The summed E-state index contributed by atoms with van der Waals surface area (Å²) >= 11 is 5.87. The van der Waals surface area contributed by atoms with Gasteiger partial charge in [-0.2, -0.15) is 0 Å². The van der Waals surface area contributed by atoms with Crippen LogP contribution in [0.15, 0.2) is 36.4 Å². The molecule has 3 N–H and O–H groups in total. The molecule has 16 heavy (non-hydrogen) atoms. The number of hydrogen-bond acceptors (Lipinski definition) is 3. The zero-order valence-corrected chi connectivity index (χ0v) is 9.62. The number of halogens is 1. The van der Waals surface area contributed by atoms with Crippen molar-refractivity contribution in [3.05, 3.63) is 47.1 Å². The Morgan fingerprint density at radius 3 is 2.69 bits per heavy atom. The Morgan fingerprint density at radius 2 is 2.00 bits per heavy atom. The maximum atomic E-state index is 5.87. The van der Waals surface area contributed by atoms with E-state index in [4.69, 9.17) is 17.3 Å². The molecule has 0 fully saturated rings. The van der Waals surface area contributed by atoms with E-state index in [1.807, 2.05) is 37.3 Å². The average Bonchev–Trinajstić information content (AvgIpc) is 2.20. The van der Waals surface area contributed by atoms with Crippen LogP contribution in [0.3, 0.4) is 0 Å². The molecule has 0 aliphatic carbocycles. The summed E-state index contributed by atoms with van der Waals surface area (Å²) in [7, 11) is 0. The van der Waals surface area contributed by atoms with Crippen molar-refractivity contribution < 1.29 is 0 Å². The molecule has 4 heteroatoms. The molecule has 0 unspecified atom stereocenters. The molecule has 3 nitrogen and oxygen atoms in total. The van der Waals surface area contributed by atoms with Crippen molar-refractivity contribution in [1.29, 1.82) is 0 Å². The number of para-hydroxylation sites is 2. The number of nitrogens with zero attached hydrogens (tertiary/aromatic N) is 1. The van der Waals surface area contributed by atoms with Gasteiger partial charge in [0.2, 0.25) is 0 Å². The van der Waals surface area contributed by atoms with Crippen molar-refractivity contribution in [2.24, 2.45) is 0 Å². The molecule has 0 aliphatic rings. The van der Waals surface area contributed by atoms with E-state index in [0.29, 0.717) is 16.7 Å². The van der Waals surface area contributed by atoms with Gasteiger partial charge >= 0.3 is 0 Å². The first-order valence-corrected chi connectivity index (χ1v) is 5.28. The third-order valence-corrected chi connectivity index (χ3v) is 2.36. The van der Waals surface area contributed by atoms with E-state index in [-0.39, 0.29) is 0 Å². The van der Waals surface area contributed by atoms with Crippen LogP contribution >= 0.6 is 11.6 Å². The van der Waals surface area contributed by atoms with Gasteiger partial charge in [0.1, 0.15) is 11.0 Å². The zero-order valence-electron chi connectivity index (χ0n) is 8.87. The number of nitrogens with one attached hydrogen (secondary N) is 1. The Balaban J connectivity index is 2.30. The van der Waals surface area contributed by atoms with E-state index >= 15 is 0 Å². The first-order valence-electron chi connectivity index (χ1n) is 4.91. The van der Waals surface area contributed by atoms with Crippen LogP contribution < -0.4 is 11.1 Å². The fourth-order valence-electron chi connectivity index (χ4n) is 1.44. The third-order valence-electron chi connectivity index (χ3n) is 2.16. The van der Waals surface area contributed by atoms with Gasteiger partial charge in [0.25, 0.3) is 0 Å². The molecule has 2 rings (SSSR count). The van der Waals surface area contributed by atoms with Crippen molar-refractivity contribution in [2.45, 2.75) is 6.92 Å². The van der Waals surface area contributed by atoms with Crippen LogP contribution in [0.1, 0.15) is 5.56 Å². The number of aryl methyl sites for hydroxylation is 1. The van der Waals surface area contributed by atoms with Crippen molar-refractivity contribution in [3.63, 3.8) is 0 Å². The van der Waals surface area contributed by atoms with Crippen LogP contribution in [0.5, 0.6) is 0 Å². The van der Waals surface area contributed by atoms with Crippen LogP contribution in [0.25, 0.3) is 0 Å². The molecule has 1 heterocycles. The lowest BCUT2D eigenvalue weighted by molar-refractivity contribution is 1.27. The molecular weight excluding hydrogens is 222 g/mol. The van der Waals surface area contributed by atoms with Gasteiger partial charge in [-0.25, -0.2) is 4.98 Å². The number of pyridine rings is 1. The molecule has 0 atom stereocenters. The summed E-state index contributed by atoms with van der Waals surface area (Å²) in [6, 6.07) is 11.2. The molecule has 1 aromatic heterocycles. The van der Waals surface area contributed by atoms with Gasteiger partial charge in [-0.3, -0.25) is 0 Å². The maximum Gasteiger partial charge on any atom is 0.132 e. The largest absolute Gasteiger partial charge is 0.397 e. The molecule has 0 spiro atoms. The van der Waals surface area contributed by atoms with Crippen LogP contribution in [-0.4, -0.2) is 4.98 Å². The Bertz CT molecular complexity index is 491. The van der Waals surface area contributed by atoms with Gasteiger partial charge in [-0.1, -0.05) is 23.7 Å². The molecule has 82 valence electrons. The van der Waals surface area contributed by atoms with Gasteiger partial charge < -0.3 is 11.1 Å². The second-order valence-electron chi connectivity index (χ2n) is 3.56. The standard InChI is InChI=1S/C12H12ClN3/c1-8-6-11(13)16-12(7-8)15-10-5-3-2-4-9(10)14/h2-7H,14H2,1H3,(H,15,16). The van der Waals surface area contributed by atoms with Gasteiger partial charge in [-0.05, 0) is 36.8 Å². The molecule has 0 saturated heterocycles. The van der Waals surface area contributed by atoms with Crippen LogP contribution in [0.2, 0.25) is 5.15 Å². The summed E-state index contributed by atoms with van der Waals surface area (Å²) in [4.78, 5) is 4.17. The molecule has 0 bridgehead atoms. The summed E-state index contributed by atoms with van der Waals surface area (Å²) in [5.41, 5.74) is 8.39. The second kappa shape index (κ2) is 4.41. The molecule has 0 aliphatic heterocycles. The summed E-state index contributed by atoms with van der Waals surface area (Å²) in [5.74, 6) is 0.697. The molecule has 0 amide bonds. The first kappa shape index (κ1) is 10.8. The lowest BCUT2D eigenvalue weighted by Gasteiger charge is -2.09. The number of aromatic nitrogens is 1. The smallest absolute Gasteiger partial charge is 0.132 e. The predicted octanol–water partition coefficient (Wildman–Crippen LogP) is 3.37. The number of rotatable bonds is 2.